The number of aliphatic hydroxyl groups excluding tert-OH is 1. The summed E-state index contributed by atoms with van der Waals surface area (Å²) in [5.41, 5.74) is 1.81. The van der Waals surface area contributed by atoms with Crippen LogP contribution < -0.4 is 0 Å². The molecule has 16 heavy (non-hydrogen) atoms. The molecule has 2 aromatic heterocycles. The van der Waals surface area contributed by atoms with Gasteiger partial charge in [0.15, 0.2) is 0 Å². The zero-order valence-corrected chi connectivity index (χ0v) is 11.1. The summed E-state index contributed by atoms with van der Waals surface area (Å²) in [6, 6.07) is 2.18. The van der Waals surface area contributed by atoms with Crippen molar-refractivity contribution in [3.05, 3.63) is 22.7 Å². The summed E-state index contributed by atoms with van der Waals surface area (Å²) in [5.74, 6) is 0.685. The molecular weight excluding hydrogens is 270 g/mol. The molecule has 1 N–H and O–H groups in total. The summed E-state index contributed by atoms with van der Waals surface area (Å²) in [6.45, 7) is 5.87. The minimum absolute atomic E-state index is 0.254. The van der Waals surface area contributed by atoms with Crippen molar-refractivity contribution in [2.24, 2.45) is 0 Å². The lowest BCUT2D eigenvalue weighted by atomic mass is 10.3. The Morgan fingerprint density at radius 1 is 1.38 bits per heavy atom. The Morgan fingerprint density at radius 3 is 2.62 bits per heavy atom. The smallest absolute Gasteiger partial charge is 0.138 e. The third-order valence-electron chi connectivity index (χ3n) is 2.46. The number of fused-ring (bicyclic) bond motifs is 1. The first kappa shape index (κ1) is 11.5. The fourth-order valence-corrected chi connectivity index (χ4v) is 2.15. The van der Waals surface area contributed by atoms with Gasteiger partial charge in [0.05, 0.1) is 11.7 Å². The molecule has 1 atom stereocenters. The van der Waals surface area contributed by atoms with E-state index in [0.717, 1.165) is 15.6 Å². The van der Waals surface area contributed by atoms with Gasteiger partial charge in [0.25, 0.3) is 0 Å². The molecule has 0 amide bonds. The van der Waals surface area contributed by atoms with Crippen LogP contribution >= 0.6 is 15.9 Å². The third kappa shape index (κ3) is 1.85. The molecule has 1 unspecified atom stereocenters. The summed E-state index contributed by atoms with van der Waals surface area (Å²) < 4.78 is 2.81. The molecule has 0 aliphatic heterocycles. The quantitative estimate of drug-likeness (QED) is 0.863. The van der Waals surface area contributed by atoms with E-state index in [1.54, 1.807) is 13.1 Å². The lowest BCUT2D eigenvalue weighted by Crippen LogP contribution is -2.08. The van der Waals surface area contributed by atoms with E-state index in [0.29, 0.717) is 5.82 Å². The van der Waals surface area contributed by atoms with Crippen LogP contribution in [-0.4, -0.2) is 19.6 Å². The van der Waals surface area contributed by atoms with Gasteiger partial charge in [-0.1, -0.05) is 0 Å². The van der Waals surface area contributed by atoms with E-state index in [1.165, 1.54) is 0 Å². The first-order chi connectivity index (χ1) is 7.50. The highest BCUT2D eigenvalue weighted by Gasteiger charge is 2.17. The fourth-order valence-electron chi connectivity index (χ4n) is 1.83. The maximum atomic E-state index is 9.71. The number of aromatic nitrogens is 3. The lowest BCUT2D eigenvalue weighted by Gasteiger charge is -2.14. The van der Waals surface area contributed by atoms with Gasteiger partial charge in [-0.15, -0.1) is 0 Å². The van der Waals surface area contributed by atoms with Crippen LogP contribution in [0.2, 0.25) is 0 Å². The Hall–Kier alpha value is -0.940. The lowest BCUT2D eigenvalue weighted by molar-refractivity contribution is 0.182. The highest BCUT2D eigenvalue weighted by Crippen LogP contribution is 2.25. The van der Waals surface area contributed by atoms with Gasteiger partial charge in [0, 0.05) is 6.04 Å². The van der Waals surface area contributed by atoms with Crippen molar-refractivity contribution in [3.8, 4) is 0 Å². The number of pyridine rings is 1. The van der Waals surface area contributed by atoms with E-state index in [2.05, 4.69) is 39.7 Å². The second kappa shape index (κ2) is 4.14. The monoisotopic (exact) mass is 283 g/mol. The topological polar surface area (TPSA) is 50.9 Å². The molecule has 86 valence electrons. The molecule has 0 spiro atoms. The van der Waals surface area contributed by atoms with Crippen molar-refractivity contribution >= 4 is 27.0 Å². The van der Waals surface area contributed by atoms with Gasteiger partial charge in [-0.2, -0.15) is 0 Å². The number of rotatable bonds is 2. The number of hydrogen-bond donors (Lipinski definition) is 1. The molecule has 0 saturated carbocycles. The molecule has 0 aliphatic carbocycles. The van der Waals surface area contributed by atoms with Crippen LogP contribution in [0, 0.1) is 0 Å². The zero-order chi connectivity index (χ0) is 11.9. The summed E-state index contributed by atoms with van der Waals surface area (Å²) in [4.78, 5) is 8.54. The number of hydrogen-bond acceptors (Lipinski definition) is 3. The van der Waals surface area contributed by atoms with Crippen molar-refractivity contribution in [1.29, 1.82) is 0 Å². The molecule has 5 heteroatoms. The van der Waals surface area contributed by atoms with E-state index in [-0.39, 0.29) is 6.04 Å². The average molecular weight is 284 g/mol. The first-order valence-corrected chi connectivity index (χ1v) is 6.01. The van der Waals surface area contributed by atoms with E-state index in [4.69, 9.17) is 0 Å². The van der Waals surface area contributed by atoms with Crippen LogP contribution in [0.4, 0.5) is 0 Å². The standard InChI is InChI=1S/C11H14BrN3O/c1-6(2)15-9-4-10(12)13-5-8(9)14-11(15)7(3)16/h4-7,16H,1-3H3. The second-order valence-corrected chi connectivity index (χ2v) is 4.92. The predicted octanol–water partition coefficient (Wildman–Crippen LogP) is 2.83. The Bertz CT molecular complexity index is 519. The Kier molecular flexibility index (Phi) is 2.99. The SMILES string of the molecule is CC(O)c1nc2cnc(Br)cc2n1C(C)C. The van der Waals surface area contributed by atoms with E-state index >= 15 is 0 Å². The highest BCUT2D eigenvalue weighted by molar-refractivity contribution is 9.10. The van der Waals surface area contributed by atoms with Crippen LogP contribution in [0.1, 0.15) is 38.7 Å². The van der Waals surface area contributed by atoms with E-state index in [1.807, 2.05) is 10.6 Å². The zero-order valence-electron chi connectivity index (χ0n) is 9.48. The molecule has 2 rings (SSSR count). The largest absolute Gasteiger partial charge is 0.385 e. The van der Waals surface area contributed by atoms with Crippen LogP contribution in [0.5, 0.6) is 0 Å². The van der Waals surface area contributed by atoms with Gasteiger partial charge < -0.3 is 9.67 Å². The third-order valence-corrected chi connectivity index (χ3v) is 2.89. The number of imidazole rings is 1. The Morgan fingerprint density at radius 2 is 2.06 bits per heavy atom. The molecule has 0 bridgehead atoms. The molecule has 0 saturated heterocycles. The minimum atomic E-state index is -0.575. The Labute approximate surface area is 102 Å². The van der Waals surface area contributed by atoms with Crippen molar-refractivity contribution in [2.45, 2.75) is 32.9 Å². The number of aliphatic hydroxyl groups is 1. The second-order valence-electron chi connectivity index (χ2n) is 4.11. The Balaban J connectivity index is 2.77. The first-order valence-electron chi connectivity index (χ1n) is 5.22. The van der Waals surface area contributed by atoms with Gasteiger partial charge in [-0.05, 0) is 42.8 Å². The summed E-state index contributed by atoms with van der Waals surface area (Å²) in [5, 5.41) is 9.71. The van der Waals surface area contributed by atoms with Crippen LogP contribution in [-0.2, 0) is 0 Å². The van der Waals surface area contributed by atoms with E-state index in [9.17, 15) is 5.11 Å². The van der Waals surface area contributed by atoms with Gasteiger partial charge >= 0.3 is 0 Å². The van der Waals surface area contributed by atoms with Crippen LogP contribution in [0.3, 0.4) is 0 Å². The normalized spacial score (nSPS) is 13.6. The summed E-state index contributed by atoms with van der Waals surface area (Å²) in [6.07, 6.45) is 1.14. The molecule has 0 aromatic carbocycles. The molecule has 0 aliphatic rings. The molecule has 2 heterocycles. The fraction of sp³-hybridized carbons (Fsp3) is 0.455. The molecular formula is C11H14BrN3O. The highest BCUT2D eigenvalue weighted by atomic mass is 79.9. The van der Waals surface area contributed by atoms with E-state index < -0.39 is 6.10 Å². The number of nitrogens with zero attached hydrogens (tertiary/aromatic N) is 3. The van der Waals surface area contributed by atoms with Crippen LogP contribution in [0.25, 0.3) is 11.0 Å². The van der Waals surface area contributed by atoms with Crippen molar-refractivity contribution in [2.75, 3.05) is 0 Å². The van der Waals surface area contributed by atoms with Crippen molar-refractivity contribution in [1.82, 2.24) is 14.5 Å². The maximum absolute atomic E-state index is 9.71. The van der Waals surface area contributed by atoms with Gasteiger partial charge in [0.1, 0.15) is 22.0 Å². The van der Waals surface area contributed by atoms with Crippen molar-refractivity contribution in [3.63, 3.8) is 0 Å². The maximum Gasteiger partial charge on any atom is 0.138 e. The minimum Gasteiger partial charge on any atom is -0.385 e. The summed E-state index contributed by atoms with van der Waals surface area (Å²) >= 11 is 3.35. The molecule has 2 aromatic rings. The summed E-state index contributed by atoms with van der Waals surface area (Å²) in [7, 11) is 0. The molecule has 0 fully saturated rings. The predicted molar refractivity (Wildman–Crippen MR) is 66.2 cm³/mol. The average Bonchev–Trinajstić information content (AvgIpc) is 2.55. The molecule has 0 radical (unpaired) electrons. The van der Waals surface area contributed by atoms with Crippen LogP contribution in [0.15, 0.2) is 16.9 Å². The molecule has 4 nitrogen and oxygen atoms in total. The van der Waals surface area contributed by atoms with Gasteiger partial charge in [0.2, 0.25) is 0 Å². The van der Waals surface area contributed by atoms with Gasteiger partial charge in [-0.25, -0.2) is 9.97 Å². The number of halogens is 1. The van der Waals surface area contributed by atoms with Crippen molar-refractivity contribution < 1.29 is 5.11 Å². The van der Waals surface area contributed by atoms with Gasteiger partial charge in [-0.3, -0.25) is 0 Å².